The first kappa shape index (κ1) is 9.55. The number of hydrogen-bond donors (Lipinski definition) is 0. The van der Waals surface area contributed by atoms with Crippen molar-refractivity contribution in [3.63, 3.8) is 0 Å². The van der Waals surface area contributed by atoms with Gasteiger partial charge in [-0.2, -0.15) is 8.42 Å². The predicted molar refractivity (Wildman–Crippen MR) is 38.8 cm³/mol. The monoisotopic (exact) mass is 165 g/mol. The van der Waals surface area contributed by atoms with E-state index in [1.165, 1.54) is 0 Å². The van der Waals surface area contributed by atoms with E-state index >= 15 is 0 Å². The summed E-state index contributed by atoms with van der Waals surface area (Å²) in [6.45, 7) is 1.96. The molecule has 0 unspecified atom stereocenters. The minimum absolute atomic E-state index is 0.107. The summed E-state index contributed by atoms with van der Waals surface area (Å²) >= 11 is 0. The van der Waals surface area contributed by atoms with E-state index in [0.29, 0.717) is 6.42 Å². The van der Waals surface area contributed by atoms with Gasteiger partial charge in [-0.15, -0.1) is 0 Å². The SMILES string of the molecule is CCCCCS(=O)(=O)[N+]=O. The van der Waals surface area contributed by atoms with Crippen molar-refractivity contribution in [2.45, 2.75) is 26.2 Å². The zero-order valence-corrected chi connectivity index (χ0v) is 6.73. The summed E-state index contributed by atoms with van der Waals surface area (Å²) in [5.74, 6) is -0.107. The Kier molecular flexibility index (Phi) is 4.18. The van der Waals surface area contributed by atoms with E-state index in [2.05, 4.69) is 0 Å². The van der Waals surface area contributed by atoms with Gasteiger partial charge in [0.25, 0.3) is 0 Å². The van der Waals surface area contributed by atoms with Gasteiger partial charge in [-0.25, -0.2) is 0 Å². The Hall–Kier alpha value is -0.450. The number of nitrogens with zero attached hydrogens (tertiary/aromatic N) is 1. The van der Waals surface area contributed by atoms with E-state index in [9.17, 15) is 13.3 Å². The maximum absolute atomic E-state index is 10.4. The smallest absolute Gasteiger partial charge is 0.152 e. The van der Waals surface area contributed by atoms with E-state index in [4.69, 9.17) is 0 Å². The van der Waals surface area contributed by atoms with Crippen molar-refractivity contribution >= 4 is 10.0 Å². The molecule has 0 aliphatic rings. The van der Waals surface area contributed by atoms with Gasteiger partial charge in [-0.3, -0.25) is 0 Å². The number of rotatable bonds is 5. The van der Waals surface area contributed by atoms with Gasteiger partial charge in [-0.05, 0) is 6.42 Å². The lowest BCUT2D eigenvalue weighted by Gasteiger charge is -1.86. The van der Waals surface area contributed by atoms with Crippen LogP contribution < -0.4 is 4.58 Å². The van der Waals surface area contributed by atoms with Gasteiger partial charge < -0.3 is 0 Å². The molecule has 4 nitrogen and oxygen atoms in total. The molecule has 0 aromatic heterocycles. The van der Waals surface area contributed by atoms with Crippen LogP contribution in [0.3, 0.4) is 0 Å². The molecule has 0 N–H and O–H groups in total. The Morgan fingerprint density at radius 1 is 1.30 bits per heavy atom. The second kappa shape index (κ2) is 4.38. The third-order valence-electron chi connectivity index (χ3n) is 1.12. The molecule has 0 amide bonds. The molecule has 0 atom stereocenters. The lowest BCUT2D eigenvalue weighted by atomic mass is 10.3. The summed E-state index contributed by atoms with van der Waals surface area (Å²) in [6, 6.07) is 0. The van der Waals surface area contributed by atoms with Gasteiger partial charge in [0, 0.05) is 0 Å². The van der Waals surface area contributed by atoms with Crippen LogP contribution in [0.15, 0.2) is 0 Å². The summed E-state index contributed by atoms with van der Waals surface area (Å²) < 4.78 is 22.8. The Bertz CT molecular complexity index is 185. The summed E-state index contributed by atoms with van der Waals surface area (Å²) in [5.41, 5.74) is 0. The van der Waals surface area contributed by atoms with E-state index in [-0.39, 0.29) is 5.75 Å². The summed E-state index contributed by atoms with van der Waals surface area (Å²) in [6.07, 6.45) is 2.30. The normalized spacial score (nSPS) is 11.3. The first-order valence-electron chi connectivity index (χ1n) is 3.19. The molecule has 0 heterocycles. The molecule has 5 heteroatoms. The largest absolute Gasteiger partial charge is 0.482 e. The van der Waals surface area contributed by atoms with Gasteiger partial charge >= 0.3 is 14.6 Å². The lowest BCUT2D eigenvalue weighted by Crippen LogP contribution is -2.09. The minimum atomic E-state index is -3.62. The van der Waals surface area contributed by atoms with Crippen LogP contribution in [0.25, 0.3) is 0 Å². The molecular formula is C5H11NO3S+. The first-order chi connectivity index (χ1) is 4.62. The van der Waals surface area contributed by atoms with Crippen molar-refractivity contribution in [1.82, 2.24) is 4.58 Å². The fourth-order valence-electron chi connectivity index (χ4n) is 0.572. The van der Waals surface area contributed by atoms with E-state index in [1.54, 1.807) is 0 Å². The third kappa shape index (κ3) is 4.43. The third-order valence-corrected chi connectivity index (χ3v) is 2.15. The molecular weight excluding hydrogens is 154 g/mol. The second-order valence-electron chi connectivity index (χ2n) is 2.07. The Labute approximate surface area is 60.7 Å². The highest BCUT2D eigenvalue weighted by Crippen LogP contribution is 1.96. The number of hydrogen-bond acceptors (Lipinski definition) is 3. The standard InChI is InChI=1S/C5H11NO3S/c1-2-3-4-5-10(8,9)6-7/h2-5H2,1H3/q+1. The Morgan fingerprint density at radius 2 is 1.90 bits per heavy atom. The van der Waals surface area contributed by atoms with Crippen molar-refractivity contribution in [3.05, 3.63) is 4.91 Å². The molecule has 0 aliphatic carbocycles. The molecule has 0 aliphatic heterocycles. The first-order valence-corrected chi connectivity index (χ1v) is 4.80. The molecule has 10 heavy (non-hydrogen) atoms. The summed E-state index contributed by atoms with van der Waals surface area (Å²) in [7, 11) is -3.62. The zero-order chi connectivity index (χ0) is 8.04. The van der Waals surface area contributed by atoms with Crippen LogP contribution in [0.4, 0.5) is 0 Å². The molecule has 0 aromatic rings. The van der Waals surface area contributed by atoms with Gasteiger partial charge in [0.2, 0.25) is 0 Å². The lowest BCUT2D eigenvalue weighted by molar-refractivity contribution is 0.588. The van der Waals surface area contributed by atoms with Gasteiger partial charge in [-0.1, -0.05) is 19.8 Å². The highest BCUT2D eigenvalue weighted by Gasteiger charge is 2.23. The molecule has 0 saturated carbocycles. The summed E-state index contributed by atoms with van der Waals surface area (Å²) in [5, 5.41) is 0. The van der Waals surface area contributed by atoms with Crippen LogP contribution in [0.2, 0.25) is 0 Å². The molecule has 0 rings (SSSR count). The van der Waals surface area contributed by atoms with Crippen LogP contribution in [0.5, 0.6) is 0 Å². The van der Waals surface area contributed by atoms with Gasteiger partial charge in [0.1, 0.15) is 10.7 Å². The fourth-order valence-corrected chi connectivity index (χ4v) is 1.22. The van der Waals surface area contributed by atoms with Gasteiger partial charge in [0.15, 0.2) is 0 Å². The van der Waals surface area contributed by atoms with Crippen molar-refractivity contribution in [2.75, 3.05) is 5.75 Å². The molecule has 0 aromatic carbocycles. The molecule has 0 spiro atoms. The van der Waals surface area contributed by atoms with Crippen LogP contribution in [-0.2, 0) is 10.0 Å². The average molecular weight is 165 g/mol. The molecule has 0 fully saturated rings. The van der Waals surface area contributed by atoms with Crippen LogP contribution >= 0.6 is 0 Å². The number of unbranched alkanes of at least 4 members (excludes halogenated alkanes) is 2. The molecule has 1 radical (unpaired) electrons. The minimum Gasteiger partial charge on any atom is -0.152 e. The topological polar surface area (TPSA) is 65.3 Å². The molecule has 0 bridgehead atoms. The number of sulfonamides is 1. The van der Waals surface area contributed by atoms with Crippen LogP contribution in [0, 0.1) is 4.91 Å². The Morgan fingerprint density at radius 3 is 2.30 bits per heavy atom. The van der Waals surface area contributed by atoms with Crippen molar-refractivity contribution in [1.29, 1.82) is 0 Å². The highest BCUT2D eigenvalue weighted by molar-refractivity contribution is 7.89. The maximum atomic E-state index is 10.4. The van der Waals surface area contributed by atoms with Crippen LogP contribution in [0.1, 0.15) is 26.2 Å². The second-order valence-corrected chi connectivity index (χ2v) is 3.79. The Balaban J connectivity index is 3.59. The van der Waals surface area contributed by atoms with Crippen LogP contribution in [-0.4, -0.2) is 14.2 Å². The van der Waals surface area contributed by atoms with E-state index < -0.39 is 10.0 Å². The predicted octanol–water partition coefficient (Wildman–Crippen LogP) is 0.609. The summed E-state index contributed by atoms with van der Waals surface area (Å²) in [4.78, 5) is 9.58. The maximum Gasteiger partial charge on any atom is 0.482 e. The van der Waals surface area contributed by atoms with E-state index in [1.807, 2.05) is 11.5 Å². The molecule has 0 saturated heterocycles. The van der Waals surface area contributed by atoms with Crippen molar-refractivity contribution in [2.24, 2.45) is 0 Å². The average Bonchev–Trinajstić information content (AvgIpc) is 1.89. The molecule has 59 valence electrons. The zero-order valence-electron chi connectivity index (χ0n) is 5.91. The quantitative estimate of drug-likeness (QED) is 0.560. The van der Waals surface area contributed by atoms with Crippen molar-refractivity contribution in [3.8, 4) is 0 Å². The van der Waals surface area contributed by atoms with Gasteiger partial charge in [0.05, 0.1) is 0 Å². The van der Waals surface area contributed by atoms with Crippen molar-refractivity contribution < 1.29 is 8.42 Å². The van der Waals surface area contributed by atoms with E-state index in [0.717, 1.165) is 12.8 Å². The fraction of sp³-hybridized carbons (Fsp3) is 1.00. The number of nitroso groups, excluding NO2 is 1. The highest BCUT2D eigenvalue weighted by atomic mass is 32.2.